The highest BCUT2D eigenvalue weighted by Crippen LogP contribution is 2.42. The van der Waals surface area contributed by atoms with E-state index in [-0.39, 0.29) is 11.3 Å². The molecule has 6 heteroatoms. The molecule has 2 N–H and O–H groups in total. The topological polar surface area (TPSA) is 61.0 Å². The summed E-state index contributed by atoms with van der Waals surface area (Å²) in [5.74, 6) is 1.68. The number of hydrogen-bond donors (Lipinski definition) is 1. The molecular formula is C14H19N3OS2. The van der Waals surface area contributed by atoms with Crippen molar-refractivity contribution in [1.82, 2.24) is 9.36 Å². The van der Waals surface area contributed by atoms with Crippen LogP contribution in [0, 0.1) is 6.92 Å². The number of aryl methyl sites for hydroxylation is 1. The van der Waals surface area contributed by atoms with E-state index in [2.05, 4.69) is 22.3 Å². The lowest BCUT2D eigenvalue weighted by atomic mass is 10.0. The minimum Gasteiger partial charge on any atom is -0.496 e. The predicted octanol–water partition coefficient (Wildman–Crippen LogP) is 3.43. The maximum atomic E-state index is 6.31. The Morgan fingerprint density at radius 1 is 1.40 bits per heavy atom. The molecule has 1 aromatic heterocycles. The summed E-state index contributed by atoms with van der Waals surface area (Å²) in [5.41, 5.74) is 7.42. The first-order chi connectivity index (χ1) is 9.65. The quantitative estimate of drug-likeness (QED) is 0.828. The monoisotopic (exact) mass is 309 g/mol. The van der Waals surface area contributed by atoms with E-state index in [0.29, 0.717) is 0 Å². The number of benzene rings is 1. The van der Waals surface area contributed by atoms with Gasteiger partial charge in [0.2, 0.25) is 0 Å². The molecule has 2 atom stereocenters. The zero-order valence-corrected chi connectivity index (χ0v) is 13.5. The van der Waals surface area contributed by atoms with Crippen molar-refractivity contribution in [3.05, 3.63) is 35.7 Å². The molecule has 20 heavy (non-hydrogen) atoms. The van der Waals surface area contributed by atoms with Gasteiger partial charge < -0.3 is 10.5 Å². The molecule has 2 unspecified atom stereocenters. The molecule has 4 nitrogen and oxygen atoms in total. The first kappa shape index (κ1) is 15.3. The van der Waals surface area contributed by atoms with Gasteiger partial charge in [-0.3, -0.25) is 0 Å². The molecule has 0 aliphatic heterocycles. The minimum atomic E-state index is 0.0421. The van der Waals surface area contributed by atoms with Gasteiger partial charge in [0.15, 0.2) is 4.34 Å². The molecule has 0 aliphatic rings. The van der Waals surface area contributed by atoms with E-state index < -0.39 is 0 Å². The van der Waals surface area contributed by atoms with Gasteiger partial charge in [0, 0.05) is 11.6 Å². The van der Waals surface area contributed by atoms with Crippen molar-refractivity contribution in [2.75, 3.05) is 7.11 Å². The molecule has 0 radical (unpaired) electrons. The number of ether oxygens (including phenoxy) is 1. The van der Waals surface area contributed by atoms with Gasteiger partial charge in [-0.25, -0.2) is 4.98 Å². The number of para-hydroxylation sites is 1. The van der Waals surface area contributed by atoms with Crippen LogP contribution in [0.25, 0.3) is 0 Å². The van der Waals surface area contributed by atoms with Crippen LogP contribution in [0.15, 0.2) is 28.6 Å². The summed E-state index contributed by atoms with van der Waals surface area (Å²) in [6, 6.07) is 8.06. The molecule has 0 saturated carbocycles. The van der Waals surface area contributed by atoms with Gasteiger partial charge >= 0.3 is 0 Å². The third-order valence-electron chi connectivity index (χ3n) is 3.04. The average Bonchev–Trinajstić information content (AvgIpc) is 2.89. The Balaban J connectivity index is 2.32. The van der Waals surface area contributed by atoms with E-state index in [4.69, 9.17) is 10.5 Å². The Hall–Kier alpha value is -1.11. The molecule has 0 saturated heterocycles. The zero-order chi connectivity index (χ0) is 14.5. The van der Waals surface area contributed by atoms with Crippen LogP contribution in [-0.2, 0) is 0 Å². The van der Waals surface area contributed by atoms with E-state index in [9.17, 15) is 0 Å². The Kier molecular flexibility index (Phi) is 5.39. The molecule has 2 aromatic rings. The lowest BCUT2D eigenvalue weighted by Gasteiger charge is -2.23. The van der Waals surface area contributed by atoms with Crippen LogP contribution in [0.3, 0.4) is 0 Å². The van der Waals surface area contributed by atoms with Crippen molar-refractivity contribution in [3.8, 4) is 5.75 Å². The Bertz CT molecular complexity index is 559. The van der Waals surface area contributed by atoms with Gasteiger partial charge in [0.25, 0.3) is 0 Å². The maximum Gasteiger partial charge on any atom is 0.170 e. The van der Waals surface area contributed by atoms with Crippen LogP contribution in [-0.4, -0.2) is 22.5 Å². The minimum absolute atomic E-state index is 0.0421. The third-order valence-corrected chi connectivity index (χ3v) is 5.31. The fourth-order valence-corrected chi connectivity index (χ4v) is 4.04. The second kappa shape index (κ2) is 7.06. The van der Waals surface area contributed by atoms with Crippen molar-refractivity contribution >= 4 is 23.3 Å². The first-order valence-corrected chi connectivity index (χ1v) is 8.16. The SMILES string of the molecule is CCC(N)C(Sc1nc(C)ns1)c1ccccc1OC. The first-order valence-electron chi connectivity index (χ1n) is 6.51. The molecule has 0 fully saturated rings. The molecular weight excluding hydrogens is 290 g/mol. The zero-order valence-electron chi connectivity index (χ0n) is 11.9. The van der Waals surface area contributed by atoms with Crippen molar-refractivity contribution in [3.63, 3.8) is 0 Å². The number of nitrogens with two attached hydrogens (primary N) is 1. The lowest BCUT2D eigenvalue weighted by Crippen LogP contribution is -2.26. The largest absolute Gasteiger partial charge is 0.496 e. The number of hydrogen-bond acceptors (Lipinski definition) is 6. The Morgan fingerprint density at radius 2 is 2.15 bits per heavy atom. The summed E-state index contributed by atoms with van der Waals surface area (Å²) in [5, 5.41) is 0.114. The van der Waals surface area contributed by atoms with Crippen molar-refractivity contribution in [1.29, 1.82) is 0 Å². The number of aromatic nitrogens is 2. The van der Waals surface area contributed by atoms with E-state index in [1.54, 1.807) is 18.9 Å². The normalized spacial score (nSPS) is 14.0. The van der Waals surface area contributed by atoms with E-state index in [1.807, 2.05) is 25.1 Å². The lowest BCUT2D eigenvalue weighted by molar-refractivity contribution is 0.407. The van der Waals surface area contributed by atoms with Gasteiger partial charge in [0.1, 0.15) is 11.6 Å². The third kappa shape index (κ3) is 3.50. The fourth-order valence-electron chi connectivity index (χ4n) is 1.93. The van der Waals surface area contributed by atoms with Crippen LogP contribution >= 0.6 is 23.3 Å². The van der Waals surface area contributed by atoms with E-state index in [1.165, 1.54) is 11.5 Å². The number of thioether (sulfide) groups is 1. The van der Waals surface area contributed by atoms with Gasteiger partial charge in [-0.15, -0.1) is 0 Å². The summed E-state index contributed by atoms with van der Waals surface area (Å²) in [6.45, 7) is 4.00. The summed E-state index contributed by atoms with van der Waals surface area (Å²) in [6.07, 6.45) is 0.896. The number of nitrogens with zero attached hydrogens (tertiary/aromatic N) is 2. The van der Waals surface area contributed by atoms with E-state index in [0.717, 1.165) is 27.9 Å². The highest BCUT2D eigenvalue weighted by molar-refractivity contribution is 8.01. The van der Waals surface area contributed by atoms with Gasteiger partial charge in [-0.2, -0.15) is 4.37 Å². The van der Waals surface area contributed by atoms with Crippen molar-refractivity contribution < 1.29 is 4.74 Å². The highest BCUT2D eigenvalue weighted by atomic mass is 32.2. The smallest absolute Gasteiger partial charge is 0.170 e. The second-order valence-electron chi connectivity index (χ2n) is 4.46. The highest BCUT2D eigenvalue weighted by Gasteiger charge is 2.24. The Morgan fingerprint density at radius 3 is 2.75 bits per heavy atom. The van der Waals surface area contributed by atoms with Gasteiger partial charge in [0.05, 0.1) is 12.4 Å². The van der Waals surface area contributed by atoms with Crippen molar-refractivity contribution in [2.24, 2.45) is 5.73 Å². The summed E-state index contributed by atoms with van der Waals surface area (Å²) < 4.78 is 10.6. The molecule has 1 aromatic carbocycles. The summed E-state index contributed by atoms with van der Waals surface area (Å²) >= 11 is 3.08. The predicted molar refractivity (Wildman–Crippen MR) is 84.5 cm³/mol. The standard InChI is InChI=1S/C14H19N3OS2/c1-4-11(15)13(19-14-16-9(2)17-20-14)10-7-5-6-8-12(10)18-3/h5-8,11,13H,4,15H2,1-3H3. The number of rotatable bonds is 6. The van der Waals surface area contributed by atoms with Crippen LogP contribution < -0.4 is 10.5 Å². The summed E-state index contributed by atoms with van der Waals surface area (Å²) in [4.78, 5) is 4.42. The molecule has 0 aliphatic carbocycles. The van der Waals surface area contributed by atoms with E-state index >= 15 is 0 Å². The average molecular weight is 309 g/mol. The van der Waals surface area contributed by atoms with Gasteiger partial charge in [-0.1, -0.05) is 36.9 Å². The Labute approximate surface area is 127 Å². The molecule has 108 valence electrons. The molecule has 2 rings (SSSR count). The van der Waals surface area contributed by atoms with Crippen LogP contribution in [0.5, 0.6) is 5.75 Å². The summed E-state index contributed by atoms with van der Waals surface area (Å²) in [7, 11) is 1.69. The molecule has 0 amide bonds. The van der Waals surface area contributed by atoms with Crippen LogP contribution in [0.1, 0.15) is 30.0 Å². The van der Waals surface area contributed by atoms with Crippen LogP contribution in [0.4, 0.5) is 0 Å². The van der Waals surface area contributed by atoms with Crippen LogP contribution in [0.2, 0.25) is 0 Å². The van der Waals surface area contributed by atoms with Gasteiger partial charge in [-0.05, 0) is 30.9 Å². The maximum absolute atomic E-state index is 6.31. The molecule has 0 spiro atoms. The molecule has 0 bridgehead atoms. The number of methoxy groups -OCH3 is 1. The fraction of sp³-hybridized carbons (Fsp3) is 0.429. The molecule has 1 heterocycles. The second-order valence-corrected chi connectivity index (χ2v) is 6.60. The van der Waals surface area contributed by atoms with Crippen molar-refractivity contribution in [2.45, 2.75) is 35.9 Å².